The molecule has 0 bridgehead atoms. The minimum Gasteiger partial charge on any atom is -0.258 e. The fourth-order valence-electron chi connectivity index (χ4n) is 0.889. The Morgan fingerprint density at radius 1 is 1.80 bits per heavy atom. The highest BCUT2D eigenvalue weighted by Crippen LogP contribution is 1.97. The van der Waals surface area contributed by atoms with Crippen LogP contribution in [0.1, 0.15) is 12.6 Å². The quantitative estimate of drug-likeness (QED) is 0.553. The lowest BCUT2D eigenvalue weighted by Crippen LogP contribution is -2.01. The van der Waals surface area contributed by atoms with Crippen LogP contribution in [0.4, 0.5) is 0 Å². The van der Waals surface area contributed by atoms with E-state index >= 15 is 0 Å². The van der Waals surface area contributed by atoms with Crippen molar-refractivity contribution >= 4 is 0 Å². The predicted molar refractivity (Wildman–Crippen MR) is 40.4 cm³/mol. The van der Waals surface area contributed by atoms with Crippen molar-refractivity contribution in [2.75, 3.05) is 0 Å². The van der Waals surface area contributed by atoms with Crippen molar-refractivity contribution in [3.63, 3.8) is 0 Å². The molecule has 1 heterocycles. The van der Waals surface area contributed by atoms with Crippen LogP contribution < -0.4 is 0 Å². The Labute approximate surface area is 60.9 Å². The van der Waals surface area contributed by atoms with Crippen molar-refractivity contribution in [3.8, 4) is 12.3 Å². The molecular formula is C8H10N2. The van der Waals surface area contributed by atoms with Crippen LogP contribution in [0.25, 0.3) is 0 Å². The van der Waals surface area contributed by atoms with Crippen LogP contribution in [0.3, 0.4) is 0 Å². The van der Waals surface area contributed by atoms with Gasteiger partial charge in [0.05, 0.1) is 0 Å². The number of aryl methyl sites for hydroxylation is 1. The molecular weight excluding hydrogens is 124 g/mol. The SMILES string of the molecule is C#CCn1nccc1CC. The lowest BCUT2D eigenvalue weighted by molar-refractivity contribution is 0.674. The zero-order chi connectivity index (χ0) is 7.40. The van der Waals surface area contributed by atoms with Gasteiger partial charge in [-0.05, 0) is 12.5 Å². The molecule has 0 N–H and O–H groups in total. The van der Waals surface area contributed by atoms with Crippen LogP contribution >= 0.6 is 0 Å². The lowest BCUT2D eigenvalue weighted by atomic mass is 10.3. The van der Waals surface area contributed by atoms with E-state index in [9.17, 15) is 0 Å². The molecule has 0 spiro atoms. The van der Waals surface area contributed by atoms with Crippen LogP contribution in [0.2, 0.25) is 0 Å². The Balaban J connectivity index is 2.82. The first-order chi connectivity index (χ1) is 4.88. The number of hydrogen-bond acceptors (Lipinski definition) is 1. The summed E-state index contributed by atoms with van der Waals surface area (Å²) in [5.41, 5.74) is 1.19. The highest BCUT2D eigenvalue weighted by molar-refractivity contribution is 5.02. The van der Waals surface area contributed by atoms with E-state index in [-0.39, 0.29) is 0 Å². The molecule has 0 aliphatic carbocycles. The number of terminal acetylenes is 1. The Kier molecular flexibility index (Phi) is 2.11. The second-order valence-electron chi connectivity index (χ2n) is 2.04. The number of rotatable bonds is 2. The van der Waals surface area contributed by atoms with Gasteiger partial charge in [-0.1, -0.05) is 12.8 Å². The molecule has 10 heavy (non-hydrogen) atoms. The summed E-state index contributed by atoms with van der Waals surface area (Å²) in [5.74, 6) is 2.55. The smallest absolute Gasteiger partial charge is 0.102 e. The van der Waals surface area contributed by atoms with Crippen molar-refractivity contribution in [3.05, 3.63) is 18.0 Å². The molecule has 0 amide bonds. The third kappa shape index (κ3) is 1.19. The highest BCUT2D eigenvalue weighted by Gasteiger charge is 1.95. The fraction of sp³-hybridized carbons (Fsp3) is 0.375. The molecule has 1 aromatic rings. The molecule has 1 aromatic heterocycles. The van der Waals surface area contributed by atoms with Crippen molar-refractivity contribution in [1.82, 2.24) is 9.78 Å². The van der Waals surface area contributed by atoms with Crippen LogP contribution in [-0.4, -0.2) is 9.78 Å². The number of hydrogen-bond donors (Lipinski definition) is 0. The van der Waals surface area contributed by atoms with Gasteiger partial charge < -0.3 is 0 Å². The third-order valence-electron chi connectivity index (χ3n) is 1.41. The van der Waals surface area contributed by atoms with Crippen LogP contribution in [0.5, 0.6) is 0 Å². The minimum atomic E-state index is 0.580. The maximum absolute atomic E-state index is 5.13. The van der Waals surface area contributed by atoms with Gasteiger partial charge in [0.15, 0.2) is 0 Å². The minimum absolute atomic E-state index is 0.580. The summed E-state index contributed by atoms with van der Waals surface area (Å²) < 4.78 is 1.83. The van der Waals surface area contributed by atoms with Gasteiger partial charge in [0.25, 0.3) is 0 Å². The first-order valence-electron chi connectivity index (χ1n) is 3.32. The van der Waals surface area contributed by atoms with Gasteiger partial charge in [-0.3, -0.25) is 4.68 Å². The largest absolute Gasteiger partial charge is 0.258 e. The summed E-state index contributed by atoms with van der Waals surface area (Å²) in [7, 11) is 0. The van der Waals surface area contributed by atoms with E-state index < -0.39 is 0 Å². The van der Waals surface area contributed by atoms with E-state index in [1.807, 2.05) is 10.7 Å². The standard InChI is InChI=1S/C8H10N2/c1-3-7-10-8(4-2)5-6-9-10/h1,5-6H,4,7H2,2H3. The average Bonchev–Trinajstić information content (AvgIpc) is 2.36. The van der Waals surface area contributed by atoms with Gasteiger partial charge in [0.1, 0.15) is 6.54 Å². The van der Waals surface area contributed by atoms with Crippen molar-refractivity contribution in [2.45, 2.75) is 19.9 Å². The molecule has 0 atom stereocenters. The molecule has 0 saturated heterocycles. The maximum atomic E-state index is 5.13. The van der Waals surface area contributed by atoms with Gasteiger partial charge in [-0.25, -0.2) is 0 Å². The first-order valence-corrected chi connectivity index (χ1v) is 3.32. The molecule has 2 nitrogen and oxygen atoms in total. The maximum Gasteiger partial charge on any atom is 0.102 e. The fourth-order valence-corrected chi connectivity index (χ4v) is 0.889. The average molecular weight is 134 g/mol. The van der Waals surface area contributed by atoms with Gasteiger partial charge in [0.2, 0.25) is 0 Å². The summed E-state index contributed by atoms with van der Waals surface area (Å²) in [6.07, 6.45) is 7.89. The molecule has 0 aliphatic heterocycles. The van der Waals surface area contributed by atoms with Gasteiger partial charge in [-0.15, -0.1) is 6.42 Å². The van der Waals surface area contributed by atoms with Crippen molar-refractivity contribution in [2.24, 2.45) is 0 Å². The van der Waals surface area contributed by atoms with Gasteiger partial charge in [-0.2, -0.15) is 5.10 Å². The molecule has 0 radical (unpaired) electrons. The van der Waals surface area contributed by atoms with Gasteiger partial charge in [0, 0.05) is 11.9 Å². The Morgan fingerprint density at radius 2 is 2.60 bits per heavy atom. The topological polar surface area (TPSA) is 17.8 Å². The summed E-state index contributed by atoms with van der Waals surface area (Å²) >= 11 is 0. The highest BCUT2D eigenvalue weighted by atomic mass is 15.3. The molecule has 1 rings (SSSR count). The molecule has 0 unspecified atom stereocenters. The second-order valence-corrected chi connectivity index (χ2v) is 2.04. The van der Waals surface area contributed by atoms with Gasteiger partial charge >= 0.3 is 0 Å². The molecule has 0 saturated carbocycles. The first kappa shape index (κ1) is 6.88. The van der Waals surface area contributed by atoms with Crippen molar-refractivity contribution < 1.29 is 0 Å². The Morgan fingerprint density at radius 3 is 3.20 bits per heavy atom. The van der Waals surface area contributed by atoms with E-state index in [0.717, 1.165) is 6.42 Å². The zero-order valence-electron chi connectivity index (χ0n) is 6.04. The summed E-state index contributed by atoms with van der Waals surface area (Å²) in [6, 6.07) is 1.98. The van der Waals surface area contributed by atoms with E-state index in [2.05, 4.69) is 17.9 Å². The van der Waals surface area contributed by atoms with Crippen molar-refractivity contribution in [1.29, 1.82) is 0 Å². The summed E-state index contributed by atoms with van der Waals surface area (Å²) in [4.78, 5) is 0. The van der Waals surface area contributed by atoms with E-state index in [1.54, 1.807) is 6.20 Å². The predicted octanol–water partition coefficient (Wildman–Crippen LogP) is 1.08. The Hall–Kier alpha value is -1.23. The van der Waals surface area contributed by atoms with Crippen LogP contribution in [-0.2, 0) is 13.0 Å². The summed E-state index contributed by atoms with van der Waals surface area (Å²) in [6.45, 7) is 2.67. The number of nitrogens with zero attached hydrogens (tertiary/aromatic N) is 2. The lowest BCUT2D eigenvalue weighted by Gasteiger charge is -1.98. The number of aromatic nitrogens is 2. The molecule has 0 aromatic carbocycles. The second kappa shape index (κ2) is 3.07. The summed E-state index contributed by atoms with van der Waals surface area (Å²) in [5, 5.41) is 4.05. The van der Waals surface area contributed by atoms with Crippen LogP contribution in [0, 0.1) is 12.3 Å². The Bertz CT molecular complexity index is 242. The third-order valence-corrected chi connectivity index (χ3v) is 1.41. The monoisotopic (exact) mass is 134 g/mol. The van der Waals surface area contributed by atoms with E-state index in [1.165, 1.54) is 5.69 Å². The zero-order valence-corrected chi connectivity index (χ0v) is 6.04. The van der Waals surface area contributed by atoms with Crippen LogP contribution in [0.15, 0.2) is 12.3 Å². The molecule has 2 heteroatoms. The van der Waals surface area contributed by atoms with E-state index in [4.69, 9.17) is 6.42 Å². The molecule has 0 fully saturated rings. The molecule has 52 valence electrons. The van der Waals surface area contributed by atoms with E-state index in [0.29, 0.717) is 6.54 Å². The molecule has 0 aliphatic rings. The normalized spacial score (nSPS) is 9.20.